The van der Waals surface area contributed by atoms with E-state index in [4.69, 9.17) is 9.57 Å². The SMILES string of the molecule is O=C1CCCCCCC/C=C\CCCCCCCC(=O)OCCON1. The van der Waals surface area contributed by atoms with Crippen LogP contribution < -0.4 is 5.48 Å². The number of cyclic esters (lactones) is 1. The fraction of sp³-hybridized carbons (Fsp3) is 0.800. The van der Waals surface area contributed by atoms with E-state index in [0.717, 1.165) is 38.5 Å². The third-order valence-electron chi connectivity index (χ3n) is 4.33. The number of esters is 1. The summed E-state index contributed by atoms with van der Waals surface area (Å²) >= 11 is 0. The predicted octanol–water partition coefficient (Wildman–Crippen LogP) is 4.61. The van der Waals surface area contributed by atoms with Crippen LogP contribution in [0, 0.1) is 0 Å². The molecule has 0 radical (unpaired) electrons. The summed E-state index contributed by atoms with van der Waals surface area (Å²) in [5.41, 5.74) is 2.40. The Labute approximate surface area is 152 Å². The van der Waals surface area contributed by atoms with Crippen LogP contribution in [0.15, 0.2) is 12.2 Å². The van der Waals surface area contributed by atoms with Crippen molar-refractivity contribution in [3.05, 3.63) is 12.2 Å². The van der Waals surface area contributed by atoms with Gasteiger partial charge >= 0.3 is 5.97 Å². The molecule has 0 aromatic heterocycles. The maximum absolute atomic E-state index is 11.6. The molecule has 0 bridgehead atoms. The van der Waals surface area contributed by atoms with Crippen LogP contribution in [-0.2, 0) is 19.2 Å². The molecule has 0 atom stereocenters. The van der Waals surface area contributed by atoms with Crippen molar-refractivity contribution in [1.82, 2.24) is 5.48 Å². The van der Waals surface area contributed by atoms with Crippen LogP contribution in [0.3, 0.4) is 0 Å². The van der Waals surface area contributed by atoms with Gasteiger partial charge in [0.05, 0.1) is 0 Å². The van der Waals surface area contributed by atoms with Crippen molar-refractivity contribution in [2.24, 2.45) is 0 Å². The van der Waals surface area contributed by atoms with E-state index in [-0.39, 0.29) is 25.1 Å². The number of allylic oxidation sites excluding steroid dienone is 2. The van der Waals surface area contributed by atoms with E-state index >= 15 is 0 Å². The van der Waals surface area contributed by atoms with E-state index in [9.17, 15) is 9.59 Å². The molecule has 1 aliphatic heterocycles. The Morgan fingerprint density at radius 1 is 0.680 bits per heavy atom. The smallest absolute Gasteiger partial charge is 0.305 e. The van der Waals surface area contributed by atoms with Crippen molar-refractivity contribution in [3.8, 4) is 0 Å². The van der Waals surface area contributed by atoms with Crippen molar-refractivity contribution in [2.75, 3.05) is 13.2 Å². The summed E-state index contributed by atoms with van der Waals surface area (Å²) in [5, 5.41) is 0. The van der Waals surface area contributed by atoms with Crippen molar-refractivity contribution >= 4 is 11.9 Å². The molecule has 1 aliphatic rings. The molecule has 0 aromatic rings. The highest BCUT2D eigenvalue weighted by Gasteiger charge is 2.04. The molecule has 144 valence electrons. The lowest BCUT2D eigenvalue weighted by Crippen LogP contribution is -2.25. The van der Waals surface area contributed by atoms with Gasteiger partial charge < -0.3 is 4.74 Å². The monoisotopic (exact) mass is 353 g/mol. The molecule has 0 fully saturated rings. The number of hydroxylamine groups is 1. The number of ether oxygens (including phenoxy) is 1. The molecule has 5 heteroatoms. The van der Waals surface area contributed by atoms with Crippen LogP contribution in [0.1, 0.15) is 89.9 Å². The first-order chi connectivity index (χ1) is 12.3. The van der Waals surface area contributed by atoms with Gasteiger partial charge in [0.1, 0.15) is 13.2 Å². The first-order valence-electron chi connectivity index (χ1n) is 10.0. The maximum atomic E-state index is 11.6. The standard InChI is InChI=1S/C20H35NO4/c22-19-15-13-11-9-7-5-3-1-2-4-6-8-10-12-14-16-20(23)24-17-18-25-21-19/h1-2H,3-18H2,(H,21,22)/b2-1-. The van der Waals surface area contributed by atoms with Gasteiger partial charge in [0.15, 0.2) is 0 Å². The lowest BCUT2D eigenvalue weighted by atomic mass is 10.1. The number of nitrogens with one attached hydrogen (secondary N) is 1. The Morgan fingerprint density at radius 2 is 1.24 bits per heavy atom. The molecular weight excluding hydrogens is 318 g/mol. The number of rotatable bonds is 0. The van der Waals surface area contributed by atoms with Crippen LogP contribution in [0.25, 0.3) is 0 Å². The molecule has 5 nitrogen and oxygen atoms in total. The molecule has 0 saturated carbocycles. The molecule has 1 heterocycles. The summed E-state index contributed by atoms with van der Waals surface area (Å²) in [6.07, 6.45) is 19.1. The van der Waals surface area contributed by atoms with Crippen LogP contribution >= 0.6 is 0 Å². The van der Waals surface area contributed by atoms with Gasteiger partial charge in [-0.3, -0.25) is 14.4 Å². The number of hydrogen-bond donors (Lipinski definition) is 1. The highest BCUT2D eigenvalue weighted by Crippen LogP contribution is 2.10. The Bertz CT molecular complexity index is 348. The lowest BCUT2D eigenvalue weighted by Gasteiger charge is -2.07. The highest BCUT2D eigenvalue weighted by atomic mass is 16.7. The molecule has 1 N–H and O–H groups in total. The van der Waals surface area contributed by atoms with E-state index in [2.05, 4.69) is 17.6 Å². The van der Waals surface area contributed by atoms with Crippen molar-refractivity contribution in [3.63, 3.8) is 0 Å². The van der Waals surface area contributed by atoms with Crippen LogP contribution in [-0.4, -0.2) is 25.1 Å². The van der Waals surface area contributed by atoms with E-state index in [1.807, 2.05) is 0 Å². The van der Waals surface area contributed by atoms with Gasteiger partial charge in [0.2, 0.25) is 5.91 Å². The van der Waals surface area contributed by atoms with E-state index in [0.29, 0.717) is 12.8 Å². The first-order valence-corrected chi connectivity index (χ1v) is 10.0. The fourth-order valence-electron chi connectivity index (χ4n) is 2.83. The molecule has 0 spiro atoms. The second-order valence-electron chi connectivity index (χ2n) is 6.68. The minimum absolute atomic E-state index is 0.104. The number of carbonyl (C=O) groups is 2. The minimum Gasteiger partial charge on any atom is -0.463 e. The van der Waals surface area contributed by atoms with Gasteiger partial charge in [0, 0.05) is 12.8 Å². The van der Waals surface area contributed by atoms with E-state index in [1.54, 1.807) is 0 Å². The van der Waals surface area contributed by atoms with Crippen LogP contribution in [0.4, 0.5) is 0 Å². The van der Waals surface area contributed by atoms with Gasteiger partial charge in [0.25, 0.3) is 0 Å². The van der Waals surface area contributed by atoms with Crippen molar-refractivity contribution < 1.29 is 19.2 Å². The molecule has 25 heavy (non-hydrogen) atoms. The van der Waals surface area contributed by atoms with E-state index in [1.165, 1.54) is 38.5 Å². The molecule has 0 aromatic carbocycles. The normalized spacial score (nSPS) is 23.2. The number of amides is 1. The zero-order chi connectivity index (χ0) is 18.0. The average molecular weight is 354 g/mol. The molecule has 0 unspecified atom stereocenters. The summed E-state index contributed by atoms with van der Waals surface area (Å²) in [7, 11) is 0. The number of carbonyl (C=O) groups excluding carboxylic acids is 2. The van der Waals surface area contributed by atoms with Gasteiger partial charge in [-0.1, -0.05) is 50.7 Å². The summed E-state index contributed by atoms with van der Waals surface area (Å²) in [6, 6.07) is 0. The van der Waals surface area contributed by atoms with Crippen LogP contribution in [0.2, 0.25) is 0 Å². The minimum atomic E-state index is -0.184. The summed E-state index contributed by atoms with van der Waals surface area (Å²) in [5.74, 6) is -0.288. The van der Waals surface area contributed by atoms with Gasteiger partial charge in [-0.05, 0) is 38.5 Å². The molecule has 0 saturated heterocycles. The second kappa shape index (κ2) is 16.1. The van der Waals surface area contributed by atoms with Gasteiger partial charge in [-0.25, -0.2) is 5.48 Å². The lowest BCUT2D eigenvalue weighted by molar-refractivity contribution is -0.147. The third-order valence-corrected chi connectivity index (χ3v) is 4.33. The second-order valence-corrected chi connectivity index (χ2v) is 6.68. The first kappa shape index (κ1) is 21.7. The fourth-order valence-corrected chi connectivity index (χ4v) is 2.83. The third kappa shape index (κ3) is 14.7. The topological polar surface area (TPSA) is 64.6 Å². The maximum Gasteiger partial charge on any atom is 0.305 e. The Morgan fingerprint density at radius 3 is 1.92 bits per heavy atom. The quantitative estimate of drug-likeness (QED) is 0.510. The van der Waals surface area contributed by atoms with Gasteiger partial charge in [-0.15, -0.1) is 0 Å². The molecule has 1 amide bonds. The Balaban J connectivity index is 2.21. The summed E-state index contributed by atoms with van der Waals surface area (Å²) in [4.78, 5) is 28.2. The zero-order valence-corrected chi connectivity index (χ0v) is 15.6. The highest BCUT2D eigenvalue weighted by molar-refractivity contribution is 5.74. The summed E-state index contributed by atoms with van der Waals surface area (Å²) < 4.78 is 5.08. The van der Waals surface area contributed by atoms with Crippen molar-refractivity contribution in [1.29, 1.82) is 0 Å². The molecule has 0 aliphatic carbocycles. The average Bonchev–Trinajstić information content (AvgIpc) is 2.60. The summed E-state index contributed by atoms with van der Waals surface area (Å²) in [6.45, 7) is 0.385. The van der Waals surface area contributed by atoms with E-state index < -0.39 is 0 Å². The largest absolute Gasteiger partial charge is 0.463 e. The Hall–Kier alpha value is -1.36. The Kier molecular flexibility index (Phi) is 14.0. The number of hydrogen-bond acceptors (Lipinski definition) is 4. The molecule has 1 rings (SSSR count). The van der Waals surface area contributed by atoms with Crippen molar-refractivity contribution in [2.45, 2.75) is 89.9 Å². The van der Waals surface area contributed by atoms with Gasteiger partial charge in [-0.2, -0.15) is 0 Å². The zero-order valence-electron chi connectivity index (χ0n) is 15.6. The predicted molar refractivity (Wildman–Crippen MR) is 98.8 cm³/mol. The van der Waals surface area contributed by atoms with Crippen LogP contribution in [0.5, 0.6) is 0 Å². The molecular formula is C20H35NO4.